The van der Waals surface area contributed by atoms with E-state index in [2.05, 4.69) is 30.9 Å². The number of benzene rings is 1. The van der Waals surface area contributed by atoms with E-state index < -0.39 is 6.03 Å². The molecule has 10 nitrogen and oxygen atoms in total. The van der Waals surface area contributed by atoms with Gasteiger partial charge in [-0.25, -0.2) is 14.8 Å². The Morgan fingerprint density at radius 1 is 1.13 bits per heavy atom. The number of hydrogen-bond acceptors (Lipinski definition) is 7. The molecule has 0 bridgehead atoms. The predicted octanol–water partition coefficient (Wildman–Crippen LogP) is 4.09. The van der Waals surface area contributed by atoms with E-state index in [1.807, 2.05) is 20.8 Å². The van der Waals surface area contributed by atoms with Crippen LogP contribution in [0.2, 0.25) is 0 Å². The fourth-order valence-corrected chi connectivity index (χ4v) is 2.71. The zero-order valence-electron chi connectivity index (χ0n) is 17.0. The normalized spacial score (nSPS) is 11.5. The fraction of sp³-hybridized carbons (Fsp3) is 0.250. The lowest BCUT2D eigenvalue weighted by molar-refractivity contribution is 0.262. The Hall–Kier alpha value is -3.95. The molecule has 0 unspecified atom stereocenters. The fourth-order valence-electron chi connectivity index (χ4n) is 2.71. The molecule has 4 aromatic rings. The average Bonchev–Trinajstić information content (AvgIpc) is 3.31. The summed E-state index contributed by atoms with van der Waals surface area (Å²) in [6.07, 6.45) is 3.08. The van der Waals surface area contributed by atoms with Crippen LogP contribution in [0.25, 0.3) is 11.0 Å². The Morgan fingerprint density at radius 2 is 1.90 bits per heavy atom. The molecule has 0 saturated heterocycles. The smallest absolute Gasteiger partial charge is 0.324 e. The second-order valence-corrected chi connectivity index (χ2v) is 7.72. The lowest BCUT2D eigenvalue weighted by Gasteiger charge is -2.12. The van der Waals surface area contributed by atoms with E-state index in [4.69, 9.17) is 9.26 Å². The highest BCUT2D eigenvalue weighted by Gasteiger charge is 2.20. The first-order valence-corrected chi connectivity index (χ1v) is 9.25. The van der Waals surface area contributed by atoms with E-state index in [-0.39, 0.29) is 5.41 Å². The van der Waals surface area contributed by atoms with Crippen LogP contribution in [0, 0.1) is 0 Å². The van der Waals surface area contributed by atoms with Crippen LogP contribution in [0.15, 0.2) is 47.4 Å². The molecule has 1 aromatic carbocycles. The predicted molar refractivity (Wildman–Crippen MR) is 111 cm³/mol. The quantitative estimate of drug-likeness (QED) is 0.523. The van der Waals surface area contributed by atoms with Gasteiger partial charge in [0.1, 0.15) is 23.2 Å². The van der Waals surface area contributed by atoms with E-state index >= 15 is 0 Å². The van der Waals surface area contributed by atoms with Crippen LogP contribution in [0.4, 0.5) is 16.3 Å². The highest BCUT2D eigenvalue weighted by molar-refractivity contribution is 5.99. The molecule has 154 valence electrons. The van der Waals surface area contributed by atoms with Gasteiger partial charge in [-0.05, 0) is 24.3 Å². The summed E-state index contributed by atoms with van der Waals surface area (Å²) in [5, 5.41) is 14.1. The molecular formula is C20H21N7O3. The molecule has 2 amide bonds. The van der Waals surface area contributed by atoms with Gasteiger partial charge < -0.3 is 14.6 Å². The summed E-state index contributed by atoms with van der Waals surface area (Å²) < 4.78 is 12.7. The molecule has 0 aliphatic carbocycles. The number of aryl methyl sites for hydroxylation is 1. The van der Waals surface area contributed by atoms with Crippen molar-refractivity contribution < 1.29 is 14.1 Å². The van der Waals surface area contributed by atoms with Crippen molar-refractivity contribution in [1.29, 1.82) is 0 Å². The van der Waals surface area contributed by atoms with Crippen molar-refractivity contribution in [3.8, 4) is 11.6 Å². The second kappa shape index (κ2) is 7.47. The summed E-state index contributed by atoms with van der Waals surface area (Å²) in [5.41, 5.74) is 1.08. The monoisotopic (exact) mass is 407 g/mol. The largest absolute Gasteiger partial charge is 0.438 e. The summed E-state index contributed by atoms with van der Waals surface area (Å²) in [5.74, 6) is 2.01. The van der Waals surface area contributed by atoms with Crippen LogP contribution < -0.4 is 15.4 Å². The molecular weight excluding hydrogens is 386 g/mol. The number of anilines is 2. The SMILES string of the molecule is Cn1ncc2c(Oc3ccc(NC(=O)Nc4cc(C(C)(C)C)on4)cc3)ncnc21. The number of nitrogens with zero attached hydrogens (tertiary/aromatic N) is 5. The molecule has 0 aliphatic rings. The zero-order valence-corrected chi connectivity index (χ0v) is 17.0. The van der Waals surface area contributed by atoms with Crippen molar-refractivity contribution in [3.63, 3.8) is 0 Å². The number of fused-ring (bicyclic) bond motifs is 1. The summed E-state index contributed by atoms with van der Waals surface area (Å²) >= 11 is 0. The second-order valence-electron chi connectivity index (χ2n) is 7.72. The summed E-state index contributed by atoms with van der Waals surface area (Å²) in [4.78, 5) is 20.6. The molecule has 4 rings (SSSR count). The van der Waals surface area contributed by atoms with Crippen LogP contribution in [-0.2, 0) is 12.5 Å². The topological polar surface area (TPSA) is 120 Å². The minimum Gasteiger partial charge on any atom is -0.438 e. The van der Waals surface area contributed by atoms with Crippen LogP contribution >= 0.6 is 0 Å². The number of aromatic nitrogens is 5. The molecule has 0 saturated carbocycles. The molecule has 2 N–H and O–H groups in total. The molecule has 30 heavy (non-hydrogen) atoms. The standard InChI is InChI=1S/C20H21N7O3/c1-20(2,3)15-9-16(26-30-15)25-19(28)24-12-5-7-13(8-6-12)29-18-14-10-23-27(4)17(14)21-11-22-18/h5-11H,1-4H3,(H2,24,25,26,28). The van der Waals surface area contributed by atoms with Crippen molar-refractivity contribution in [1.82, 2.24) is 24.9 Å². The number of urea groups is 1. The van der Waals surface area contributed by atoms with E-state index in [0.717, 1.165) is 0 Å². The van der Waals surface area contributed by atoms with Crippen molar-refractivity contribution in [2.75, 3.05) is 10.6 Å². The Morgan fingerprint density at radius 3 is 2.60 bits per heavy atom. The Bertz CT molecular complexity index is 1190. The molecule has 0 atom stereocenters. The van der Waals surface area contributed by atoms with Gasteiger partial charge in [0.2, 0.25) is 5.88 Å². The van der Waals surface area contributed by atoms with Crippen LogP contribution in [0.3, 0.4) is 0 Å². The third-order valence-electron chi connectivity index (χ3n) is 4.31. The Labute approximate surface area is 172 Å². The molecule has 3 heterocycles. The molecule has 0 fully saturated rings. The molecule has 3 aromatic heterocycles. The number of amides is 2. The first-order valence-electron chi connectivity index (χ1n) is 9.25. The third kappa shape index (κ3) is 4.07. The van der Waals surface area contributed by atoms with Gasteiger partial charge in [-0.15, -0.1) is 0 Å². The van der Waals surface area contributed by atoms with Gasteiger partial charge >= 0.3 is 6.03 Å². The van der Waals surface area contributed by atoms with E-state index in [1.165, 1.54) is 6.33 Å². The van der Waals surface area contributed by atoms with Crippen LogP contribution in [0.5, 0.6) is 11.6 Å². The lowest BCUT2D eigenvalue weighted by atomic mass is 9.93. The minimum atomic E-state index is -0.426. The average molecular weight is 407 g/mol. The maximum Gasteiger partial charge on any atom is 0.324 e. The first-order chi connectivity index (χ1) is 14.3. The lowest BCUT2D eigenvalue weighted by Crippen LogP contribution is -2.19. The van der Waals surface area contributed by atoms with Gasteiger partial charge in [0.15, 0.2) is 11.5 Å². The Balaban J connectivity index is 1.40. The van der Waals surface area contributed by atoms with Crippen molar-refractivity contribution in [3.05, 3.63) is 48.6 Å². The zero-order chi connectivity index (χ0) is 21.3. The highest BCUT2D eigenvalue weighted by Crippen LogP contribution is 2.27. The van der Waals surface area contributed by atoms with E-state index in [9.17, 15) is 4.79 Å². The van der Waals surface area contributed by atoms with E-state index in [0.29, 0.717) is 39.9 Å². The number of rotatable bonds is 4. The highest BCUT2D eigenvalue weighted by atomic mass is 16.5. The molecule has 0 aliphatic heterocycles. The summed E-state index contributed by atoms with van der Waals surface area (Å²) in [7, 11) is 1.80. The van der Waals surface area contributed by atoms with Gasteiger partial charge in [-0.2, -0.15) is 5.10 Å². The van der Waals surface area contributed by atoms with Crippen molar-refractivity contribution >= 4 is 28.6 Å². The number of carbonyl (C=O) groups is 1. The van der Waals surface area contributed by atoms with Crippen LogP contribution in [-0.4, -0.2) is 30.9 Å². The van der Waals surface area contributed by atoms with Crippen molar-refractivity contribution in [2.45, 2.75) is 26.2 Å². The van der Waals surface area contributed by atoms with Gasteiger partial charge in [0, 0.05) is 24.2 Å². The maximum atomic E-state index is 12.2. The summed E-state index contributed by atoms with van der Waals surface area (Å²) in [6, 6.07) is 8.18. The van der Waals surface area contributed by atoms with Crippen LogP contribution in [0.1, 0.15) is 26.5 Å². The van der Waals surface area contributed by atoms with Gasteiger partial charge in [0.25, 0.3) is 0 Å². The van der Waals surface area contributed by atoms with Gasteiger partial charge in [0.05, 0.1) is 6.20 Å². The van der Waals surface area contributed by atoms with Crippen molar-refractivity contribution in [2.24, 2.45) is 7.05 Å². The van der Waals surface area contributed by atoms with E-state index in [1.54, 1.807) is 48.3 Å². The number of ether oxygens (including phenoxy) is 1. The Kier molecular flexibility index (Phi) is 4.82. The number of nitrogens with one attached hydrogen (secondary N) is 2. The molecule has 10 heteroatoms. The summed E-state index contributed by atoms with van der Waals surface area (Å²) in [6.45, 7) is 6.01. The molecule has 0 spiro atoms. The third-order valence-corrected chi connectivity index (χ3v) is 4.31. The van der Waals surface area contributed by atoms with Gasteiger partial charge in [-0.1, -0.05) is 25.9 Å². The van der Waals surface area contributed by atoms with Gasteiger partial charge in [-0.3, -0.25) is 10.00 Å². The maximum absolute atomic E-state index is 12.2. The number of hydrogen-bond donors (Lipinski definition) is 2. The minimum absolute atomic E-state index is 0.190. The number of carbonyl (C=O) groups excluding carboxylic acids is 1. The molecule has 0 radical (unpaired) electrons. The first kappa shape index (κ1) is 19.4.